The van der Waals surface area contributed by atoms with E-state index in [9.17, 15) is 24.0 Å². The molecule has 0 aromatic heterocycles. The molecule has 11 nitrogen and oxygen atoms in total. The fraction of sp³-hybridized carbons (Fsp3) is 0.706. The van der Waals surface area contributed by atoms with Crippen molar-refractivity contribution in [1.82, 2.24) is 16.0 Å². The molecule has 0 saturated heterocycles. The van der Waals surface area contributed by atoms with Gasteiger partial charge in [0.1, 0.15) is 18.6 Å². The molecular weight excluding hydrogens is 404 g/mol. The number of aliphatic carboxylic acids is 2. The van der Waals surface area contributed by atoms with E-state index in [0.29, 0.717) is 5.75 Å². The molecule has 0 aliphatic rings. The number of nitrogens with two attached hydrogens (primary N) is 1. The van der Waals surface area contributed by atoms with Crippen LogP contribution in [-0.4, -0.2) is 76.6 Å². The summed E-state index contributed by atoms with van der Waals surface area (Å²) in [6.45, 7) is 3.09. The van der Waals surface area contributed by atoms with Gasteiger partial charge < -0.3 is 31.9 Å². The SMILES string of the molecule is CSCCC(NC(=O)C(N)CC(=O)O)C(=O)NC(CC(C)C)C(=O)NCC(=O)O. The summed E-state index contributed by atoms with van der Waals surface area (Å²) >= 11 is 1.44. The Bertz CT molecular complexity index is 600. The zero-order valence-corrected chi connectivity index (χ0v) is 17.6. The summed E-state index contributed by atoms with van der Waals surface area (Å²) in [6, 6.07) is -3.32. The van der Waals surface area contributed by atoms with Crippen molar-refractivity contribution in [3.05, 3.63) is 0 Å². The number of thioether (sulfide) groups is 1. The second kappa shape index (κ2) is 13.8. The summed E-state index contributed by atoms with van der Waals surface area (Å²) < 4.78 is 0. The smallest absolute Gasteiger partial charge is 0.322 e. The zero-order valence-electron chi connectivity index (χ0n) is 16.8. The van der Waals surface area contributed by atoms with Crippen molar-refractivity contribution in [3.8, 4) is 0 Å². The van der Waals surface area contributed by atoms with Crippen molar-refractivity contribution in [3.63, 3.8) is 0 Å². The topological polar surface area (TPSA) is 188 Å². The normalized spacial score (nSPS) is 13.8. The molecule has 166 valence electrons. The third kappa shape index (κ3) is 12.0. The van der Waals surface area contributed by atoms with Crippen molar-refractivity contribution < 1.29 is 34.2 Å². The fourth-order valence-corrected chi connectivity index (χ4v) is 2.80. The van der Waals surface area contributed by atoms with Gasteiger partial charge in [-0.25, -0.2) is 0 Å². The molecule has 3 amide bonds. The lowest BCUT2D eigenvalue weighted by molar-refractivity contribution is -0.139. The molecule has 0 aromatic carbocycles. The Morgan fingerprint density at radius 1 is 0.931 bits per heavy atom. The Hall–Kier alpha value is -2.34. The number of hydrogen-bond donors (Lipinski definition) is 6. The van der Waals surface area contributed by atoms with Crippen LogP contribution in [0.25, 0.3) is 0 Å². The lowest BCUT2D eigenvalue weighted by atomic mass is 10.0. The molecule has 0 rings (SSSR count). The highest BCUT2D eigenvalue weighted by Crippen LogP contribution is 2.07. The third-order valence-electron chi connectivity index (χ3n) is 3.73. The van der Waals surface area contributed by atoms with E-state index in [1.54, 1.807) is 0 Å². The van der Waals surface area contributed by atoms with Crippen molar-refractivity contribution in [2.24, 2.45) is 11.7 Å². The highest BCUT2D eigenvalue weighted by Gasteiger charge is 2.29. The first-order chi connectivity index (χ1) is 13.5. The van der Waals surface area contributed by atoms with Crippen molar-refractivity contribution in [2.75, 3.05) is 18.6 Å². The lowest BCUT2D eigenvalue weighted by Crippen LogP contribution is -2.56. The predicted molar refractivity (Wildman–Crippen MR) is 107 cm³/mol. The number of nitrogens with one attached hydrogen (secondary N) is 3. The van der Waals surface area contributed by atoms with Gasteiger partial charge in [-0.2, -0.15) is 11.8 Å². The first kappa shape index (κ1) is 26.7. The second-order valence-electron chi connectivity index (χ2n) is 6.85. The Morgan fingerprint density at radius 2 is 1.52 bits per heavy atom. The number of carbonyl (C=O) groups excluding carboxylic acids is 3. The van der Waals surface area contributed by atoms with Gasteiger partial charge in [-0.05, 0) is 30.8 Å². The monoisotopic (exact) mass is 434 g/mol. The van der Waals surface area contributed by atoms with Crippen molar-refractivity contribution >= 4 is 41.4 Å². The summed E-state index contributed by atoms with van der Waals surface area (Å²) in [5.41, 5.74) is 5.53. The molecule has 3 atom stereocenters. The minimum atomic E-state index is -1.32. The van der Waals surface area contributed by atoms with Gasteiger partial charge in [-0.15, -0.1) is 0 Å². The van der Waals surface area contributed by atoms with E-state index in [4.69, 9.17) is 15.9 Å². The summed E-state index contributed by atoms with van der Waals surface area (Å²) in [4.78, 5) is 58.4. The third-order valence-corrected chi connectivity index (χ3v) is 4.37. The van der Waals surface area contributed by atoms with Gasteiger partial charge in [0.15, 0.2) is 0 Å². The van der Waals surface area contributed by atoms with Crippen LogP contribution in [0.4, 0.5) is 0 Å². The Balaban J connectivity index is 5.20. The number of carboxylic acid groups (broad SMARTS) is 2. The van der Waals surface area contributed by atoms with E-state index in [0.717, 1.165) is 0 Å². The molecular formula is C17H30N4O7S. The predicted octanol–water partition coefficient (Wildman–Crippen LogP) is -1.24. The van der Waals surface area contributed by atoms with Gasteiger partial charge in [0.05, 0.1) is 12.5 Å². The van der Waals surface area contributed by atoms with Crippen LogP contribution in [0.15, 0.2) is 0 Å². The number of amides is 3. The molecule has 29 heavy (non-hydrogen) atoms. The van der Waals surface area contributed by atoms with Crippen LogP contribution in [0.2, 0.25) is 0 Å². The number of carbonyl (C=O) groups is 5. The maximum atomic E-state index is 12.7. The quantitative estimate of drug-likeness (QED) is 0.194. The van der Waals surface area contributed by atoms with E-state index in [2.05, 4.69) is 16.0 Å². The molecule has 0 saturated carbocycles. The van der Waals surface area contributed by atoms with E-state index < -0.39 is 60.8 Å². The van der Waals surface area contributed by atoms with E-state index in [1.807, 2.05) is 20.1 Å². The average Bonchev–Trinajstić information content (AvgIpc) is 2.61. The number of hydrogen-bond acceptors (Lipinski definition) is 7. The fourth-order valence-electron chi connectivity index (χ4n) is 2.33. The van der Waals surface area contributed by atoms with Gasteiger partial charge in [0, 0.05) is 0 Å². The molecule has 12 heteroatoms. The molecule has 0 aliphatic carbocycles. The molecule has 0 fully saturated rings. The van der Waals surface area contributed by atoms with Gasteiger partial charge in [0.2, 0.25) is 17.7 Å². The first-order valence-corrected chi connectivity index (χ1v) is 10.4. The van der Waals surface area contributed by atoms with Gasteiger partial charge in [-0.1, -0.05) is 13.8 Å². The van der Waals surface area contributed by atoms with E-state index >= 15 is 0 Å². The molecule has 0 bridgehead atoms. The highest BCUT2D eigenvalue weighted by molar-refractivity contribution is 7.98. The maximum Gasteiger partial charge on any atom is 0.322 e. The van der Waals surface area contributed by atoms with Crippen LogP contribution < -0.4 is 21.7 Å². The van der Waals surface area contributed by atoms with Crippen LogP contribution in [0, 0.1) is 5.92 Å². The molecule has 0 aromatic rings. The standard InChI is InChI=1S/C17H30N4O7S/c1-9(2)6-12(16(27)19-8-14(24)25)21-17(28)11(4-5-29-3)20-15(26)10(18)7-13(22)23/h9-12H,4-8,18H2,1-3H3,(H,19,27)(H,20,26)(H,21,28)(H,22,23)(H,24,25). The molecule has 0 aliphatic heterocycles. The van der Waals surface area contributed by atoms with Crippen LogP contribution in [0.1, 0.15) is 33.1 Å². The molecule has 0 radical (unpaired) electrons. The van der Waals surface area contributed by atoms with Gasteiger partial charge in [-0.3, -0.25) is 24.0 Å². The largest absolute Gasteiger partial charge is 0.481 e. The maximum absolute atomic E-state index is 12.7. The van der Waals surface area contributed by atoms with E-state index in [1.165, 1.54) is 11.8 Å². The van der Waals surface area contributed by atoms with Crippen LogP contribution >= 0.6 is 11.8 Å². The zero-order chi connectivity index (χ0) is 22.6. The Labute approximate surface area is 173 Å². The summed E-state index contributed by atoms with van der Waals surface area (Å²) in [5, 5.41) is 24.6. The van der Waals surface area contributed by atoms with Crippen LogP contribution in [0.3, 0.4) is 0 Å². The Morgan fingerprint density at radius 3 is 2.00 bits per heavy atom. The first-order valence-electron chi connectivity index (χ1n) is 9.04. The molecule has 0 spiro atoms. The summed E-state index contributed by atoms with van der Waals surface area (Å²) in [5.74, 6) is -3.98. The summed E-state index contributed by atoms with van der Waals surface area (Å²) in [6.07, 6.45) is 1.73. The number of rotatable bonds is 14. The van der Waals surface area contributed by atoms with Gasteiger partial charge in [0.25, 0.3) is 0 Å². The molecule has 3 unspecified atom stereocenters. The molecule has 0 heterocycles. The Kier molecular flexibility index (Phi) is 12.7. The van der Waals surface area contributed by atoms with Crippen molar-refractivity contribution in [2.45, 2.75) is 51.2 Å². The lowest BCUT2D eigenvalue weighted by Gasteiger charge is -2.24. The van der Waals surface area contributed by atoms with Gasteiger partial charge >= 0.3 is 11.9 Å². The number of carboxylic acids is 2. The van der Waals surface area contributed by atoms with Crippen LogP contribution in [-0.2, 0) is 24.0 Å². The van der Waals surface area contributed by atoms with E-state index in [-0.39, 0.29) is 18.8 Å². The van der Waals surface area contributed by atoms with Crippen molar-refractivity contribution in [1.29, 1.82) is 0 Å². The minimum Gasteiger partial charge on any atom is -0.481 e. The molecule has 7 N–H and O–H groups in total. The highest BCUT2D eigenvalue weighted by atomic mass is 32.2. The summed E-state index contributed by atoms with van der Waals surface area (Å²) in [7, 11) is 0. The average molecular weight is 435 g/mol. The second-order valence-corrected chi connectivity index (χ2v) is 7.83. The minimum absolute atomic E-state index is 0.0269. The van der Waals surface area contributed by atoms with Crippen LogP contribution in [0.5, 0.6) is 0 Å².